The van der Waals surface area contributed by atoms with Crippen molar-refractivity contribution in [2.45, 2.75) is 32.9 Å². The van der Waals surface area contributed by atoms with Gasteiger partial charge in [0.05, 0.1) is 13.2 Å². The molecular formula is C16H26N2O. The largest absolute Gasteiger partial charge is 0.379 e. The second-order valence-electron chi connectivity index (χ2n) is 5.52. The molecule has 2 rings (SSSR count). The van der Waals surface area contributed by atoms with Gasteiger partial charge in [0, 0.05) is 25.7 Å². The molecule has 1 aliphatic rings. The third-order valence-electron chi connectivity index (χ3n) is 3.56. The Labute approximate surface area is 116 Å². The van der Waals surface area contributed by atoms with Gasteiger partial charge in [0.2, 0.25) is 0 Å². The monoisotopic (exact) mass is 262 g/mol. The summed E-state index contributed by atoms with van der Waals surface area (Å²) in [4.78, 5) is 2.48. The maximum atomic E-state index is 5.41. The lowest BCUT2D eigenvalue weighted by Crippen LogP contribution is -2.36. The molecule has 1 saturated heterocycles. The van der Waals surface area contributed by atoms with Gasteiger partial charge in [-0.05, 0) is 24.1 Å². The Bertz CT molecular complexity index is 373. The van der Waals surface area contributed by atoms with E-state index in [1.165, 1.54) is 11.1 Å². The number of rotatable bonds is 6. The quantitative estimate of drug-likeness (QED) is 0.849. The number of ether oxygens (including phenoxy) is 1. The number of hydrogen-bond acceptors (Lipinski definition) is 3. The predicted octanol–water partition coefficient (Wildman–Crippen LogP) is 2.06. The van der Waals surface area contributed by atoms with Crippen LogP contribution < -0.4 is 5.32 Å². The molecule has 1 aliphatic heterocycles. The van der Waals surface area contributed by atoms with Crippen molar-refractivity contribution < 1.29 is 4.74 Å². The molecule has 0 bridgehead atoms. The molecule has 1 aromatic rings. The molecule has 0 aromatic heterocycles. The summed E-state index contributed by atoms with van der Waals surface area (Å²) in [5.41, 5.74) is 2.94. The van der Waals surface area contributed by atoms with Crippen LogP contribution >= 0.6 is 0 Å². The fraction of sp³-hybridized carbons (Fsp3) is 0.625. The summed E-state index contributed by atoms with van der Waals surface area (Å²) in [6.45, 7) is 10.4. The van der Waals surface area contributed by atoms with Gasteiger partial charge in [0.25, 0.3) is 0 Å². The normalized spacial score (nSPS) is 17.0. The number of benzene rings is 1. The third-order valence-corrected chi connectivity index (χ3v) is 3.56. The summed E-state index contributed by atoms with van der Waals surface area (Å²) in [6, 6.07) is 9.38. The molecule has 0 spiro atoms. The van der Waals surface area contributed by atoms with Gasteiger partial charge in [-0.3, -0.25) is 4.90 Å². The van der Waals surface area contributed by atoms with Crippen molar-refractivity contribution in [3.8, 4) is 0 Å². The van der Waals surface area contributed by atoms with Gasteiger partial charge in [-0.25, -0.2) is 0 Å². The smallest absolute Gasteiger partial charge is 0.0594 e. The second kappa shape index (κ2) is 7.63. The summed E-state index contributed by atoms with van der Waals surface area (Å²) in [7, 11) is 0. The predicted molar refractivity (Wildman–Crippen MR) is 79.4 cm³/mol. The molecule has 1 fully saturated rings. The molecule has 0 radical (unpaired) electrons. The number of morpholine rings is 1. The molecule has 3 heteroatoms. The van der Waals surface area contributed by atoms with Gasteiger partial charge >= 0.3 is 0 Å². The van der Waals surface area contributed by atoms with E-state index in [0.717, 1.165) is 45.8 Å². The van der Waals surface area contributed by atoms with Crippen LogP contribution in [0.2, 0.25) is 0 Å². The third kappa shape index (κ3) is 4.94. The Morgan fingerprint density at radius 2 is 1.84 bits per heavy atom. The molecule has 3 nitrogen and oxygen atoms in total. The zero-order valence-corrected chi connectivity index (χ0v) is 12.2. The van der Waals surface area contributed by atoms with E-state index in [0.29, 0.717) is 6.04 Å². The van der Waals surface area contributed by atoms with Crippen molar-refractivity contribution in [1.82, 2.24) is 10.2 Å². The molecule has 0 amide bonds. The highest BCUT2D eigenvalue weighted by atomic mass is 16.5. The fourth-order valence-electron chi connectivity index (χ4n) is 2.45. The van der Waals surface area contributed by atoms with Crippen LogP contribution in [0, 0.1) is 0 Å². The van der Waals surface area contributed by atoms with Gasteiger partial charge in [-0.15, -0.1) is 0 Å². The zero-order valence-electron chi connectivity index (χ0n) is 12.2. The van der Waals surface area contributed by atoms with Crippen LogP contribution in [-0.4, -0.2) is 43.8 Å². The highest BCUT2D eigenvalue weighted by molar-refractivity contribution is 5.27. The minimum atomic E-state index is 0.561. The number of hydrogen-bond donors (Lipinski definition) is 1. The lowest BCUT2D eigenvalue weighted by atomic mass is 10.0. The molecule has 106 valence electrons. The van der Waals surface area contributed by atoms with Crippen molar-refractivity contribution in [3.05, 3.63) is 35.4 Å². The molecule has 0 atom stereocenters. The minimum Gasteiger partial charge on any atom is -0.379 e. The summed E-state index contributed by atoms with van der Waals surface area (Å²) in [5, 5.41) is 3.49. The standard InChI is InChI=1S/C16H26N2O/c1-14(2)17-8-7-15-5-3-4-6-16(15)13-18-9-11-19-12-10-18/h3-6,14,17H,7-13H2,1-2H3. The van der Waals surface area contributed by atoms with Crippen molar-refractivity contribution >= 4 is 0 Å². The van der Waals surface area contributed by atoms with Crippen LogP contribution in [0.3, 0.4) is 0 Å². The lowest BCUT2D eigenvalue weighted by molar-refractivity contribution is 0.0341. The van der Waals surface area contributed by atoms with Crippen LogP contribution in [0.4, 0.5) is 0 Å². The summed E-state index contributed by atoms with van der Waals surface area (Å²) >= 11 is 0. The second-order valence-corrected chi connectivity index (χ2v) is 5.52. The van der Waals surface area contributed by atoms with Gasteiger partial charge in [-0.1, -0.05) is 38.1 Å². The van der Waals surface area contributed by atoms with Crippen LogP contribution in [0.25, 0.3) is 0 Å². The van der Waals surface area contributed by atoms with E-state index in [1.807, 2.05) is 0 Å². The minimum absolute atomic E-state index is 0.561. The first-order chi connectivity index (χ1) is 9.25. The van der Waals surface area contributed by atoms with Crippen molar-refractivity contribution in [2.24, 2.45) is 0 Å². The molecular weight excluding hydrogens is 236 g/mol. The Morgan fingerprint density at radius 3 is 2.53 bits per heavy atom. The average molecular weight is 262 g/mol. The van der Waals surface area contributed by atoms with E-state index in [1.54, 1.807) is 0 Å². The highest BCUT2D eigenvalue weighted by Crippen LogP contribution is 2.13. The van der Waals surface area contributed by atoms with Crippen molar-refractivity contribution in [3.63, 3.8) is 0 Å². The molecule has 0 unspecified atom stereocenters. The highest BCUT2D eigenvalue weighted by Gasteiger charge is 2.12. The van der Waals surface area contributed by atoms with E-state index >= 15 is 0 Å². The van der Waals surface area contributed by atoms with Gasteiger partial charge in [0.15, 0.2) is 0 Å². The Hall–Kier alpha value is -0.900. The molecule has 0 aliphatic carbocycles. The van der Waals surface area contributed by atoms with E-state index < -0.39 is 0 Å². The summed E-state index contributed by atoms with van der Waals surface area (Å²) in [5.74, 6) is 0. The van der Waals surface area contributed by atoms with E-state index in [4.69, 9.17) is 4.74 Å². The summed E-state index contributed by atoms with van der Waals surface area (Å²) < 4.78 is 5.41. The van der Waals surface area contributed by atoms with Crippen LogP contribution in [-0.2, 0) is 17.7 Å². The first kappa shape index (κ1) is 14.5. The topological polar surface area (TPSA) is 24.5 Å². The Kier molecular flexibility index (Phi) is 5.83. The Morgan fingerprint density at radius 1 is 1.16 bits per heavy atom. The van der Waals surface area contributed by atoms with Crippen molar-refractivity contribution in [2.75, 3.05) is 32.8 Å². The maximum Gasteiger partial charge on any atom is 0.0594 e. The number of nitrogens with one attached hydrogen (secondary N) is 1. The van der Waals surface area contributed by atoms with Gasteiger partial charge < -0.3 is 10.1 Å². The SMILES string of the molecule is CC(C)NCCc1ccccc1CN1CCOCC1. The van der Waals surface area contributed by atoms with Gasteiger partial charge in [0.1, 0.15) is 0 Å². The molecule has 1 aromatic carbocycles. The van der Waals surface area contributed by atoms with Crippen LogP contribution in [0.5, 0.6) is 0 Å². The van der Waals surface area contributed by atoms with Gasteiger partial charge in [-0.2, -0.15) is 0 Å². The van der Waals surface area contributed by atoms with Crippen molar-refractivity contribution in [1.29, 1.82) is 0 Å². The van der Waals surface area contributed by atoms with E-state index in [-0.39, 0.29) is 0 Å². The average Bonchev–Trinajstić information content (AvgIpc) is 2.41. The lowest BCUT2D eigenvalue weighted by Gasteiger charge is -2.27. The maximum absolute atomic E-state index is 5.41. The number of nitrogens with zero attached hydrogens (tertiary/aromatic N) is 1. The molecule has 1 N–H and O–H groups in total. The van der Waals surface area contributed by atoms with Crippen LogP contribution in [0.15, 0.2) is 24.3 Å². The van der Waals surface area contributed by atoms with E-state index in [9.17, 15) is 0 Å². The molecule has 1 heterocycles. The first-order valence-electron chi connectivity index (χ1n) is 7.36. The molecule has 19 heavy (non-hydrogen) atoms. The zero-order chi connectivity index (χ0) is 13.5. The fourth-order valence-corrected chi connectivity index (χ4v) is 2.45. The molecule has 0 saturated carbocycles. The summed E-state index contributed by atoms with van der Waals surface area (Å²) in [6.07, 6.45) is 1.11. The Balaban J connectivity index is 1.91. The van der Waals surface area contributed by atoms with Crippen LogP contribution in [0.1, 0.15) is 25.0 Å². The van der Waals surface area contributed by atoms with E-state index in [2.05, 4.69) is 48.3 Å². The first-order valence-corrected chi connectivity index (χ1v) is 7.36.